The number of aldehydes is 1. The number of Topliss-reactive ketones (excluding diaryl/α,β-unsaturated/α-hetero) is 2. The zero-order chi connectivity index (χ0) is 35.8. The second-order valence-corrected chi connectivity index (χ2v) is 11.6. The number of hydrogen-bond donors (Lipinski definition) is 1. The SMILES string of the molecule is C=C(C)C(C)CCC(=O)CC.CC=O.CCC(C)C(=O)c1c(C)cccc1NC(=O)CCOCCOCCOCCP.CCCC. The van der Waals surface area contributed by atoms with Crippen LogP contribution in [0.5, 0.6) is 0 Å². The fourth-order valence-electron chi connectivity index (χ4n) is 3.33. The first-order chi connectivity index (χ1) is 21.9. The zero-order valence-corrected chi connectivity index (χ0v) is 31.7. The minimum atomic E-state index is -0.171. The van der Waals surface area contributed by atoms with Crippen molar-refractivity contribution in [2.45, 2.75) is 107 Å². The van der Waals surface area contributed by atoms with Gasteiger partial charge in [-0.3, -0.25) is 14.4 Å². The first-order valence-electron chi connectivity index (χ1n) is 16.9. The summed E-state index contributed by atoms with van der Waals surface area (Å²) in [6.45, 7) is 24.5. The number of ketones is 2. The molecule has 0 aliphatic heterocycles. The van der Waals surface area contributed by atoms with Crippen LogP contribution in [-0.2, 0) is 28.6 Å². The number of rotatable bonds is 21. The molecule has 1 aromatic rings. The molecular weight excluding hydrogens is 601 g/mol. The number of ether oxygens (including phenoxy) is 3. The number of amides is 1. The summed E-state index contributed by atoms with van der Waals surface area (Å²) in [7, 11) is 2.61. The lowest BCUT2D eigenvalue weighted by Gasteiger charge is -2.16. The van der Waals surface area contributed by atoms with Gasteiger partial charge in [0.1, 0.15) is 12.1 Å². The Kier molecular flexibility index (Phi) is 35.7. The van der Waals surface area contributed by atoms with E-state index >= 15 is 0 Å². The fourth-order valence-corrected chi connectivity index (χ4v) is 3.50. The van der Waals surface area contributed by atoms with Gasteiger partial charge in [0, 0.05) is 24.3 Å². The van der Waals surface area contributed by atoms with Crippen molar-refractivity contribution >= 4 is 38.7 Å². The standard InChI is InChI=1S/C21H34NO5P.C10H18O.C4H10.C2H4O/c1-4-16(2)21(24)20-17(3)6-5-7-18(20)22-19(23)8-9-25-10-11-26-12-13-27-14-15-28;1-5-10(11)7-6-9(4)8(2)3;1-3-4-2;1-2-3/h5-7,16H,4,8-15,28H2,1-3H3,(H,22,23);9H,2,5-7H2,1,3-4H3;3-4H2,1-2H3;2H,1H3. The van der Waals surface area contributed by atoms with E-state index in [2.05, 4.69) is 41.9 Å². The van der Waals surface area contributed by atoms with Gasteiger partial charge in [0.2, 0.25) is 5.91 Å². The topological polar surface area (TPSA) is 108 Å². The smallest absolute Gasteiger partial charge is 0.226 e. The van der Waals surface area contributed by atoms with Gasteiger partial charge in [0.05, 0.1) is 51.7 Å². The van der Waals surface area contributed by atoms with Crippen LogP contribution in [0.3, 0.4) is 0 Å². The average molecular weight is 668 g/mol. The highest BCUT2D eigenvalue weighted by molar-refractivity contribution is 7.16. The van der Waals surface area contributed by atoms with Crippen LogP contribution in [0.25, 0.3) is 0 Å². The van der Waals surface area contributed by atoms with Crippen LogP contribution in [0, 0.1) is 18.8 Å². The Hall–Kier alpha value is -2.25. The number of anilines is 1. The third-order valence-corrected chi connectivity index (χ3v) is 7.16. The van der Waals surface area contributed by atoms with Gasteiger partial charge in [0.15, 0.2) is 5.78 Å². The zero-order valence-electron chi connectivity index (χ0n) is 30.5. The van der Waals surface area contributed by atoms with Crippen molar-refractivity contribution in [1.29, 1.82) is 0 Å². The van der Waals surface area contributed by atoms with Crippen molar-refractivity contribution in [2.24, 2.45) is 11.8 Å². The van der Waals surface area contributed by atoms with Gasteiger partial charge < -0.3 is 24.3 Å². The third kappa shape index (κ3) is 28.0. The normalized spacial score (nSPS) is 11.3. The number of carbonyl (C=O) groups excluding carboxylic acids is 4. The number of benzene rings is 1. The van der Waals surface area contributed by atoms with Crippen molar-refractivity contribution in [1.82, 2.24) is 0 Å². The molecule has 0 radical (unpaired) electrons. The number of unbranched alkanes of at least 4 members (excludes halogenated alkanes) is 1. The Morgan fingerprint density at radius 1 is 0.891 bits per heavy atom. The van der Waals surface area contributed by atoms with Crippen LogP contribution in [0.4, 0.5) is 5.69 Å². The van der Waals surface area contributed by atoms with E-state index in [1.807, 2.05) is 46.8 Å². The molecule has 1 N–H and O–H groups in total. The summed E-state index contributed by atoms with van der Waals surface area (Å²) in [6.07, 6.45) is 7.64. The number of allylic oxidation sites excluding steroid dienone is 1. The molecule has 9 heteroatoms. The van der Waals surface area contributed by atoms with Crippen LogP contribution in [0.2, 0.25) is 0 Å². The molecule has 46 heavy (non-hydrogen) atoms. The largest absolute Gasteiger partial charge is 0.379 e. The highest BCUT2D eigenvalue weighted by Gasteiger charge is 2.20. The van der Waals surface area contributed by atoms with Gasteiger partial charge in [-0.2, -0.15) is 0 Å². The average Bonchev–Trinajstić information content (AvgIpc) is 3.04. The third-order valence-electron chi connectivity index (χ3n) is 6.92. The Bertz CT molecular complexity index is 950. The number of hydrogen-bond acceptors (Lipinski definition) is 7. The summed E-state index contributed by atoms with van der Waals surface area (Å²) in [5.41, 5.74) is 3.22. The molecule has 1 aromatic carbocycles. The Morgan fingerprint density at radius 2 is 1.41 bits per heavy atom. The van der Waals surface area contributed by atoms with E-state index in [1.54, 1.807) is 6.07 Å². The van der Waals surface area contributed by atoms with Gasteiger partial charge >= 0.3 is 0 Å². The molecule has 266 valence electrons. The van der Waals surface area contributed by atoms with Gasteiger partial charge in [-0.15, -0.1) is 9.24 Å². The second-order valence-electron chi connectivity index (χ2n) is 11.0. The van der Waals surface area contributed by atoms with Crippen molar-refractivity contribution in [2.75, 3.05) is 51.1 Å². The summed E-state index contributed by atoms with van der Waals surface area (Å²) >= 11 is 0. The van der Waals surface area contributed by atoms with Crippen LogP contribution in [-0.4, -0.2) is 69.6 Å². The fraction of sp³-hybridized carbons (Fsp3) is 0.676. The molecule has 1 amide bonds. The van der Waals surface area contributed by atoms with Crippen LogP contribution in [0.1, 0.15) is 116 Å². The van der Waals surface area contributed by atoms with Crippen molar-refractivity contribution < 1.29 is 33.4 Å². The quantitative estimate of drug-likeness (QED) is 0.0461. The van der Waals surface area contributed by atoms with Gasteiger partial charge in [-0.25, -0.2) is 0 Å². The molecule has 0 saturated carbocycles. The molecule has 0 heterocycles. The number of nitrogens with one attached hydrogen (secondary N) is 1. The molecule has 3 atom stereocenters. The minimum absolute atomic E-state index is 0.0611. The molecule has 3 unspecified atom stereocenters. The lowest BCUT2D eigenvalue weighted by molar-refractivity contribution is -0.119. The Labute approximate surface area is 283 Å². The van der Waals surface area contributed by atoms with E-state index in [1.165, 1.54) is 25.3 Å². The summed E-state index contributed by atoms with van der Waals surface area (Å²) in [6, 6.07) is 5.50. The molecule has 1 rings (SSSR count). The molecule has 0 aliphatic rings. The summed E-state index contributed by atoms with van der Waals surface area (Å²) in [4.78, 5) is 44.6. The lowest BCUT2D eigenvalue weighted by atomic mass is 9.92. The first-order valence-corrected chi connectivity index (χ1v) is 17.7. The maximum atomic E-state index is 12.6. The number of carbonyl (C=O) groups is 4. The van der Waals surface area contributed by atoms with Crippen molar-refractivity contribution in [3.05, 3.63) is 41.5 Å². The van der Waals surface area contributed by atoms with Gasteiger partial charge in [-0.05, 0) is 57.3 Å². The molecular formula is C37H66NO7P. The molecule has 8 nitrogen and oxygen atoms in total. The van der Waals surface area contributed by atoms with E-state index in [4.69, 9.17) is 19.0 Å². The second kappa shape index (κ2) is 34.1. The van der Waals surface area contributed by atoms with Gasteiger partial charge in [-0.1, -0.05) is 78.7 Å². The lowest BCUT2D eigenvalue weighted by Crippen LogP contribution is -2.20. The van der Waals surface area contributed by atoms with E-state index in [-0.39, 0.29) is 24.0 Å². The first kappa shape index (κ1) is 48.1. The Balaban J connectivity index is -0.000000842. The minimum Gasteiger partial charge on any atom is -0.379 e. The van der Waals surface area contributed by atoms with Crippen molar-refractivity contribution in [3.63, 3.8) is 0 Å². The van der Waals surface area contributed by atoms with E-state index in [0.717, 1.165) is 30.9 Å². The number of aryl methyl sites for hydroxylation is 1. The maximum absolute atomic E-state index is 12.6. The predicted octanol–water partition coefficient (Wildman–Crippen LogP) is 8.45. The maximum Gasteiger partial charge on any atom is 0.226 e. The molecule has 0 saturated heterocycles. The highest BCUT2D eigenvalue weighted by Crippen LogP contribution is 2.24. The molecule has 0 aromatic heterocycles. The summed E-state index contributed by atoms with van der Waals surface area (Å²) in [5.74, 6) is 0.663. The van der Waals surface area contributed by atoms with E-state index in [9.17, 15) is 14.4 Å². The highest BCUT2D eigenvalue weighted by atomic mass is 31.0. The van der Waals surface area contributed by atoms with E-state index in [0.29, 0.717) is 75.4 Å². The summed E-state index contributed by atoms with van der Waals surface area (Å²) < 4.78 is 16.1. The summed E-state index contributed by atoms with van der Waals surface area (Å²) in [5, 5.41) is 2.85. The Morgan fingerprint density at radius 3 is 1.87 bits per heavy atom. The van der Waals surface area contributed by atoms with E-state index < -0.39 is 0 Å². The predicted molar refractivity (Wildman–Crippen MR) is 196 cm³/mol. The van der Waals surface area contributed by atoms with Gasteiger partial charge in [0.25, 0.3) is 0 Å². The van der Waals surface area contributed by atoms with Crippen LogP contribution in [0.15, 0.2) is 30.4 Å². The monoisotopic (exact) mass is 667 g/mol. The molecule has 0 aliphatic carbocycles. The van der Waals surface area contributed by atoms with Crippen molar-refractivity contribution in [3.8, 4) is 0 Å². The molecule has 0 spiro atoms. The molecule has 0 bridgehead atoms. The van der Waals surface area contributed by atoms with Crippen LogP contribution >= 0.6 is 9.24 Å². The molecule has 0 fully saturated rings. The van der Waals surface area contributed by atoms with Crippen LogP contribution < -0.4 is 5.32 Å².